The molecular formula is C17H17BrO. The number of rotatable bonds is 2. The molecule has 0 heterocycles. The van der Waals surface area contributed by atoms with Crippen molar-refractivity contribution in [2.45, 2.75) is 23.6 Å². The fourth-order valence-electron chi connectivity index (χ4n) is 2.92. The Morgan fingerprint density at radius 3 is 2.63 bits per heavy atom. The molecule has 1 nitrogen and oxygen atoms in total. The average molecular weight is 317 g/mol. The van der Waals surface area contributed by atoms with E-state index in [1.165, 1.54) is 23.1 Å². The zero-order valence-electron chi connectivity index (χ0n) is 11.0. The molecule has 0 radical (unpaired) electrons. The quantitative estimate of drug-likeness (QED) is 0.739. The lowest BCUT2D eigenvalue weighted by Crippen LogP contribution is -2.21. The summed E-state index contributed by atoms with van der Waals surface area (Å²) in [6.07, 6.45) is 2.32. The summed E-state index contributed by atoms with van der Waals surface area (Å²) in [7, 11) is 1.73. The minimum atomic E-state index is 0.417. The van der Waals surface area contributed by atoms with E-state index >= 15 is 0 Å². The van der Waals surface area contributed by atoms with Gasteiger partial charge in [-0.3, -0.25) is 0 Å². The summed E-state index contributed by atoms with van der Waals surface area (Å²) in [5.74, 6) is 1.36. The van der Waals surface area contributed by atoms with Crippen molar-refractivity contribution in [2.24, 2.45) is 0 Å². The topological polar surface area (TPSA) is 9.23 Å². The lowest BCUT2D eigenvalue weighted by Gasteiger charge is -2.31. The highest BCUT2D eigenvalue weighted by atomic mass is 79.9. The zero-order valence-corrected chi connectivity index (χ0v) is 12.6. The monoisotopic (exact) mass is 316 g/mol. The standard InChI is InChI=1S/C17H17BrO/c1-19-14-9-7-12-8-10-16(18)17(15(12)11-14)13-5-3-2-4-6-13/h2-7,9,11,16-17H,8,10H2,1H3/t16-,17+/m1/s1. The molecule has 0 unspecified atom stereocenters. The molecule has 1 aliphatic rings. The predicted molar refractivity (Wildman–Crippen MR) is 82.3 cm³/mol. The van der Waals surface area contributed by atoms with E-state index in [2.05, 4.69) is 64.5 Å². The van der Waals surface area contributed by atoms with Crippen molar-refractivity contribution in [3.05, 3.63) is 65.2 Å². The van der Waals surface area contributed by atoms with Gasteiger partial charge >= 0.3 is 0 Å². The number of alkyl halides is 1. The van der Waals surface area contributed by atoms with Gasteiger partial charge in [0.2, 0.25) is 0 Å². The first kappa shape index (κ1) is 12.7. The number of hydrogen-bond acceptors (Lipinski definition) is 1. The fraction of sp³-hybridized carbons (Fsp3) is 0.294. The minimum Gasteiger partial charge on any atom is -0.497 e. The van der Waals surface area contributed by atoms with Gasteiger partial charge < -0.3 is 4.74 Å². The smallest absolute Gasteiger partial charge is 0.119 e. The second-order valence-corrected chi connectivity index (χ2v) is 6.18. The Labute approximate surface area is 122 Å². The third-order valence-electron chi connectivity index (χ3n) is 3.90. The van der Waals surface area contributed by atoms with E-state index in [0.717, 1.165) is 12.2 Å². The average Bonchev–Trinajstić information content (AvgIpc) is 2.47. The van der Waals surface area contributed by atoms with E-state index in [-0.39, 0.29) is 0 Å². The van der Waals surface area contributed by atoms with Crippen molar-refractivity contribution in [3.63, 3.8) is 0 Å². The molecule has 1 aliphatic carbocycles. The molecule has 2 atom stereocenters. The summed E-state index contributed by atoms with van der Waals surface area (Å²) in [6, 6.07) is 17.2. The van der Waals surface area contributed by atoms with Crippen molar-refractivity contribution in [1.29, 1.82) is 0 Å². The lowest BCUT2D eigenvalue weighted by atomic mass is 9.79. The maximum atomic E-state index is 5.38. The minimum absolute atomic E-state index is 0.417. The summed E-state index contributed by atoms with van der Waals surface area (Å²) >= 11 is 3.87. The molecule has 0 bridgehead atoms. The van der Waals surface area contributed by atoms with E-state index in [1.54, 1.807) is 7.11 Å². The summed E-state index contributed by atoms with van der Waals surface area (Å²) in [4.78, 5) is 0.495. The molecule has 0 aliphatic heterocycles. The third kappa shape index (κ3) is 2.42. The van der Waals surface area contributed by atoms with Crippen LogP contribution in [0.5, 0.6) is 5.75 Å². The van der Waals surface area contributed by atoms with Crippen LogP contribution in [0.2, 0.25) is 0 Å². The van der Waals surface area contributed by atoms with E-state index < -0.39 is 0 Å². The Kier molecular flexibility index (Phi) is 3.61. The molecule has 0 fully saturated rings. The van der Waals surface area contributed by atoms with Crippen LogP contribution in [0.4, 0.5) is 0 Å². The van der Waals surface area contributed by atoms with E-state index in [4.69, 9.17) is 4.74 Å². The Morgan fingerprint density at radius 1 is 1.11 bits per heavy atom. The normalized spacial score (nSPS) is 21.8. The van der Waals surface area contributed by atoms with Gasteiger partial charge in [-0.05, 0) is 41.7 Å². The lowest BCUT2D eigenvalue weighted by molar-refractivity contribution is 0.413. The fourth-order valence-corrected chi connectivity index (χ4v) is 3.74. The molecule has 98 valence electrons. The first-order valence-electron chi connectivity index (χ1n) is 6.65. The van der Waals surface area contributed by atoms with E-state index in [9.17, 15) is 0 Å². The number of halogens is 1. The molecule has 2 aromatic rings. The first-order chi connectivity index (χ1) is 9.29. The Hall–Kier alpha value is -1.28. The van der Waals surface area contributed by atoms with Crippen LogP contribution < -0.4 is 4.74 Å². The van der Waals surface area contributed by atoms with Crippen LogP contribution in [0, 0.1) is 0 Å². The maximum absolute atomic E-state index is 5.38. The van der Waals surface area contributed by atoms with Crippen molar-refractivity contribution in [3.8, 4) is 5.75 Å². The van der Waals surface area contributed by atoms with Crippen molar-refractivity contribution < 1.29 is 4.74 Å². The predicted octanol–water partition coefficient (Wildman–Crippen LogP) is 4.54. The summed E-state index contributed by atoms with van der Waals surface area (Å²) < 4.78 is 5.38. The van der Waals surface area contributed by atoms with Gasteiger partial charge in [-0.2, -0.15) is 0 Å². The molecule has 0 saturated heterocycles. The number of methoxy groups -OCH3 is 1. The van der Waals surface area contributed by atoms with Gasteiger partial charge in [0.15, 0.2) is 0 Å². The molecule has 0 N–H and O–H groups in total. The number of benzene rings is 2. The van der Waals surface area contributed by atoms with Gasteiger partial charge in [0.1, 0.15) is 5.75 Å². The van der Waals surface area contributed by atoms with Gasteiger partial charge in [-0.25, -0.2) is 0 Å². The van der Waals surface area contributed by atoms with Crippen molar-refractivity contribution >= 4 is 15.9 Å². The highest BCUT2D eigenvalue weighted by molar-refractivity contribution is 9.09. The highest BCUT2D eigenvalue weighted by Crippen LogP contribution is 2.41. The number of ether oxygens (including phenoxy) is 1. The first-order valence-corrected chi connectivity index (χ1v) is 7.57. The van der Waals surface area contributed by atoms with Gasteiger partial charge in [-0.15, -0.1) is 0 Å². The number of hydrogen-bond donors (Lipinski definition) is 0. The van der Waals surface area contributed by atoms with Crippen LogP contribution in [0.3, 0.4) is 0 Å². The zero-order chi connectivity index (χ0) is 13.2. The van der Waals surface area contributed by atoms with E-state index in [0.29, 0.717) is 10.7 Å². The van der Waals surface area contributed by atoms with Crippen LogP contribution in [0.15, 0.2) is 48.5 Å². The maximum Gasteiger partial charge on any atom is 0.119 e. The highest BCUT2D eigenvalue weighted by Gasteiger charge is 2.29. The molecular weight excluding hydrogens is 300 g/mol. The molecule has 2 aromatic carbocycles. The second kappa shape index (κ2) is 5.38. The van der Waals surface area contributed by atoms with Gasteiger partial charge in [0.25, 0.3) is 0 Å². The molecule has 2 heteroatoms. The van der Waals surface area contributed by atoms with Crippen LogP contribution >= 0.6 is 15.9 Å². The van der Waals surface area contributed by atoms with Gasteiger partial charge in [-0.1, -0.05) is 52.3 Å². The Bertz CT molecular complexity index is 565. The molecule has 0 aromatic heterocycles. The summed E-state index contributed by atoms with van der Waals surface area (Å²) in [5, 5.41) is 0. The number of fused-ring (bicyclic) bond motifs is 1. The van der Waals surface area contributed by atoms with Crippen molar-refractivity contribution in [2.75, 3.05) is 7.11 Å². The van der Waals surface area contributed by atoms with Crippen LogP contribution in [-0.4, -0.2) is 11.9 Å². The molecule has 19 heavy (non-hydrogen) atoms. The van der Waals surface area contributed by atoms with Crippen molar-refractivity contribution in [1.82, 2.24) is 0 Å². The van der Waals surface area contributed by atoms with Crippen LogP contribution in [0.25, 0.3) is 0 Å². The molecule has 0 amide bonds. The van der Waals surface area contributed by atoms with Gasteiger partial charge in [0, 0.05) is 10.7 Å². The third-order valence-corrected chi connectivity index (χ3v) is 4.88. The van der Waals surface area contributed by atoms with E-state index in [1.807, 2.05) is 0 Å². The molecule has 0 saturated carbocycles. The Balaban J connectivity index is 2.10. The van der Waals surface area contributed by atoms with Crippen LogP contribution in [-0.2, 0) is 6.42 Å². The Morgan fingerprint density at radius 2 is 1.89 bits per heavy atom. The van der Waals surface area contributed by atoms with Gasteiger partial charge in [0.05, 0.1) is 7.11 Å². The second-order valence-electron chi connectivity index (χ2n) is 5.01. The largest absolute Gasteiger partial charge is 0.497 e. The molecule has 3 rings (SSSR count). The summed E-state index contributed by atoms with van der Waals surface area (Å²) in [6.45, 7) is 0. The molecule has 0 spiro atoms. The SMILES string of the molecule is COc1ccc2c(c1)[C@H](c1ccccc1)[C@H](Br)CC2. The number of aryl methyl sites for hydroxylation is 1. The summed E-state index contributed by atoms with van der Waals surface area (Å²) in [5.41, 5.74) is 4.22. The van der Waals surface area contributed by atoms with Crippen LogP contribution in [0.1, 0.15) is 29.0 Å².